The Morgan fingerprint density at radius 3 is 2.57 bits per heavy atom. The van der Waals surface area contributed by atoms with E-state index in [1.54, 1.807) is 0 Å². The topological polar surface area (TPSA) is 121 Å². The smallest absolute Gasteiger partial charge is 0.308 e. The Balaban J connectivity index is 2.61. The number of hydrogen-bond donors (Lipinski definition) is 3. The Kier molecular flexibility index (Phi) is 5.89. The largest absolute Gasteiger partial charge is 0.481 e. The summed E-state index contributed by atoms with van der Waals surface area (Å²) in [5, 5.41) is 13.7. The number of amides is 1. The van der Waals surface area contributed by atoms with Crippen LogP contribution in [0.1, 0.15) is 20.3 Å². The van der Waals surface area contributed by atoms with E-state index in [1.165, 1.54) is 0 Å². The molecule has 1 unspecified atom stereocenters. The van der Waals surface area contributed by atoms with Gasteiger partial charge in [0, 0.05) is 18.7 Å². The van der Waals surface area contributed by atoms with E-state index in [2.05, 4.69) is 10.4 Å². The van der Waals surface area contributed by atoms with Crippen LogP contribution in [-0.2, 0) is 16.1 Å². The molecule has 1 aromatic rings. The van der Waals surface area contributed by atoms with Gasteiger partial charge in [-0.25, -0.2) is 4.68 Å². The van der Waals surface area contributed by atoms with Crippen molar-refractivity contribution in [3.63, 3.8) is 0 Å². The Morgan fingerprint density at radius 1 is 1.33 bits per heavy atom. The number of carboxylic acid groups (broad SMARTS) is 1. The van der Waals surface area contributed by atoms with Gasteiger partial charge in [-0.15, -0.1) is 0 Å². The third kappa shape index (κ3) is 5.64. The quantitative estimate of drug-likeness (QED) is 0.620. The molecule has 0 aromatic carbocycles. The van der Waals surface area contributed by atoms with E-state index in [9.17, 15) is 19.2 Å². The average Bonchev–Trinajstić information content (AvgIpc) is 2.38. The zero-order chi connectivity index (χ0) is 16.0. The van der Waals surface area contributed by atoms with Crippen molar-refractivity contribution < 1.29 is 14.7 Å². The van der Waals surface area contributed by atoms with Crippen molar-refractivity contribution in [2.45, 2.75) is 26.8 Å². The fourth-order valence-electron chi connectivity index (χ4n) is 1.86. The van der Waals surface area contributed by atoms with Crippen molar-refractivity contribution in [2.75, 3.05) is 6.54 Å². The Bertz CT molecular complexity index is 617. The molecular formula is C13H19N3O5. The van der Waals surface area contributed by atoms with Gasteiger partial charge in [-0.1, -0.05) is 13.8 Å². The minimum Gasteiger partial charge on any atom is -0.481 e. The number of rotatable bonds is 7. The molecule has 0 saturated heterocycles. The Morgan fingerprint density at radius 2 is 2.00 bits per heavy atom. The van der Waals surface area contributed by atoms with Crippen LogP contribution < -0.4 is 16.4 Å². The van der Waals surface area contributed by atoms with Crippen molar-refractivity contribution in [1.82, 2.24) is 15.1 Å². The monoisotopic (exact) mass is 297 g/mol. The van der Waals surface area contributed by atoms with Crippen molar-refractivity contribution in [2.24, 2.45) is 11.8 Å². The van der Waals surface area contributed by atoms with Crippen molar-refractivity contribution in [3.8, 4) is 0 Å². The first kappa shape index (κ1) is 16.7. The number of aliphatic carboxylic acids is 1. The average molecular weight is 297 g/mol. The number of carbonyl (C=O) groups excluding carboxylic acids is 1. The summed E-state index contributed by atoms with van der Waals surface area (Å²) in [5.74, 6) is -2.00. The van der Waals surface area contributed by atoms with E-state index < -0.39 is 28.9 Å². The summed E-state index contributed by atoms with van der Waals surface area (Å²) in [6, 6.07) is 2.13. The van der Waals surface area contributed by atoms with Crippen LogP contribution in [0.25, 0.3) is 0 Å². The highest BCUT2D eigenvalue weighted by Crippen LogP contribution is 2.10. The number of carbonyl (C=O) groups is 2. The van der Waals surface area contributed by atoms with Gasteiger partial charge < -0.3 is 10.4 Å². The lowest BCUT2D eigenvalue weighted by atomic mass is 9.97. The van der Waals surface area contributed by atoms with Crippen LogP contribution in [0.2, 0.25) is 0 Å². The number of hydrogen-bond acceptors (Lipinski definition) is 4. The maximum Gasteiger partial charge on any atom is 0.308 e. The fraction of sp³-hybridized carbons (Fsp3) is 0.538. The highest BCUT2D eigenvalue weighted by atomic mass is 16.4. The molecule has 0 spiro atoms. The summed E-state index contributed by atoms with van der Waals surface area (Å²) in [5.41, 5.74) is -1.01. The predicted octanol–water partition coefficient (Wildman–Crippen LogP) is -0.600. The van der Waals surface area contributed by atoms with Gasteiger partial charge in [-0.3, -0.25) is 24.3 Å². The molecule has 0 bridgehead atoms. The molecule has 21 heavy (non-hydrogen) atoms. The summed E-state index contributed by atoms with van der Waals surface area (Å²) in [7, 11) is 0. The van der Waals surface area contributed by atoms with E-state index in [0.29, 0.717) is 6.42 Å². The molecule has 1 atom stereocenters. The van der Waals surface area contributed by atoms with Crippen molar-refractivity contribution >= 4 is 11.9 Å². The number of nitrogens with one attached hydrogen (secondary N) is 2. The first-order chi connectivity index (χ1) is 9.79. The highest BCUT2D eigenvalue weighted by Gasteiger charge is 2.19. The molecular weight excluding hydrogens is 278 g/mol. The molecule has 0 aliphatic heterocycles. The third-order valence-electron chi connectivity index (χ3n) is 2.84. The molecule has 0 aliphatic rings. The van der Waals surface area contributed by atoms with Crippen molar-refractivity contribution in [1.29, 1.82) is 0 Å². The first-order valence-corrected chi connectivity index (χ1v) is 6.59. The second-order valence-electron chi connectivity index (χ2n) is 5.20. The molecule has 1 amide bonds. The van der Waals surface area contributed by atoms with Gasteiger partial charge >= 0.3 is 5.97 Å². The molecule has 1 heterocycles. The number of nitrogens with zero attached hydrogens (tertiary/aromatic N) is 1. The van der Waals surface area contributed by atoms with Crippen LogP contribution in [-0.4, -0.2) is 33.3 Å². The predicted molar refractivity (Wildman–Crippen MR) is 74.9 cm³/mol. The maximum atomic E-state index is 11.7. The second kappa shape index (κ2) is 7.41. The molecule has 8 heteroatoms. The Labute approximate surface area is 120 Å². The van der Waals surface area contributed by atoms with Gasteiger partial charge in [0.25, 0.3) is 11.1 Å². The summed E-state index contributed by atoms with van der Waals surface area (Å²) >= 11 is 0. The molecule has 0 aliphatic carbocycles. The second-order valence-corrected chi connectivity index (χ2v) is 5.20. The van der Waals surface area contributed by atoms with Gasteiger partial charge in [-0.05, 0) is 12.3 Å². The highest BCUT2D eigenvalue weighted by molar-refractivity contribution is 5.77. The van der Waals surface area contributed by atoms with Crippen LogP contribution in [0.5, 0.6) is 0 Å². The lowest BCUT2D eigenvalue weighted by Gasteiger charge is -2.15. The zero-order valence-electron chi connectivity index (χ0n) is 12.0. The SMILES string of the molecule is CC(C)CC(CNC(=O)Cn1[nH]c(=O)ccc1=O)C(=O)O. The van der Waals surface area contributed by atoms with E-state index in [0.717, 1.165) is 16.8 Å². The molecule has 0 fully saturated rings. The standard InChI is InChI=1S/C13H19N3O5/c1-8(2)5-9(13(20)21)6-14-11(18)7-16-12(19)4-3-10(17)15-16/h3-4,8-9H,5-7H2,1-2H3,(H,14,18)(H,15,17)(H,20,21). The normalized spacial score (nSPS) is 12.1. The number of H-pyrrole nitrogens is 1. The zero-order valence-corrected chi connectivity index (χ0v) is 12.0. The summed E-state index contributed by atoms with van der Waals surface area (Å²) in [4.78, 5) is 45.2. The molecule has 1 aromatic heterocycles. The number of carboxylic acids is 1. The van der Waals surface area contributed by atoms with E-state index in [4.69, 9.17) is 5.11 Å². The van der Waals surface area contributed by atoms with Gasteiger partial charge in [0.05, 0.1) is 5.92 Å². The number of aromatic nitrogens is 2. The van der Waals surface area contributed by atoms with E-state index in [1.807, 2.05) is 13.8 Å². The van der Waals surface area contributed by atoms with Crippen LogP contribution in [0.4, 0.5) is 0 Å². The molecule has 0 saturated carbocycles. The number of aromatic amines is 1. The van der Waals surface area contributed by atoms with Crippen LogP contribution in [0.3, 0.4) is 0 Å². The fourth-order valence-corrected chi connectivity index (χ4v) is 1.86. The molecule has 116 valence electrons. The first-order valence-electron chi connectivity index (χ1n) is 6.59. The lowest BCUT2D eigenvalue weighted by Crippen LogP contribution is -2.39. The maximum absolute atomic E-state index is 11.7. The van der Waals surface area contributed by atoms with E-state index in [-0.39, 0.29) is 19.0 Å². The minimum absolute atomic E-state index is 0.0157. The lowest BCUT2D eigenvalue weighted by molar-refractivity contribution is -0.142. The third-order valence-corrected chi connectivity index (χ3v) is 2.84. The van der Waals surface area contributed by atoms with Crippen LogP contribution in [0.15, 0.2) is 21.7 Å². The van der Waals surface area contributed by atoms with E-state index >= 15 is 0 Å². The molecule has 1 rings (SSSR count). The summed E-state index contributed by atoms with van der Waals surface area (Å²) in [6.45, 7) is 3.42. The van der Waals surface area contributed by atoms with Gasteiger partial charge in [0.2, 0.25) is 5.91 Å². The van der Waals surface area contributed by atoms with Crippen molar-refractivity contribution in [3.05, 3.63) is 32.8 Å². The molecule has 0 radical (unpaired) electrons. The summed E-state index contributed by atoms with van der Waals surface area (Å²) < 4.78 is 0.871. The van der Waals surface area contributed by atoms with Gasteiger partial charge in [0.1, 0.15) is 6.54 Å². The van der Waals surface area contributed by atoms with Crippen LogP contribution in [0, 0.1) is 11.8 Å². The van der Waals surface area contributed by atoms with Gasteiger partial charge in [0.15, 0.2) is 0 Å². The van der Waals surface area contributed by atoms with Crippen LogP contribution >= 0.6 is 0 Å². The molecule has 8 nitrogen and oxygen atoms in total. The Hall–Kier alpha value is -2.38. The minimum atomic E-state index is -0.978. The van der Waals surface area contributed by atoms with Gasteiger partial charge in [-0.2, -0.15) is 0 Å². The summed E-state index contributed by atoms with van der Waals surface area (Å²) in [6.07, 6.45) is 0.442. The molecule has 3 N–H and O–H groups in total.